The van der Waals surface area contributed by atoms with E-state index in [1.807, 2.05) is 0 Å². The van der Waals surface area contributed by atoms with Crippen LogP contribution in [0.25, 0.3) is 0 Å². The Morgan fingerprint density at radius 3 is 2.68 bits per heavy atom. The van der Waals surface area contributed by atoms with Gasteiger partial charge in [-0.15, -0.1) is 0 Å². The maximum atomic E-state index is 12.0. The van der Waals surface area contributed by atoms with Gasteiger partial charge in [-0.2, -0.15) is 5.10 Å². The van der Waals surface area contributed by atoms with Gasteiger partial charge in [0.1, 0.15) is 0 Å². The molecule has 1 heterocycles. The van der Waals surface area contributed by atoms with Crippen LogP contribution in [0.3, 0.4) is 0 Å². The van der Waals surface area contributed by atoms with E-state index in [2.05, 4.69) is 31.2 Å². The van der Waals surface area contributed by atoms with Crippen molar-refractivity contribution >= 4 is 11.6 Å². The Kier molecular flexibility index (Phi) is 5.39. The van der Waals surface area contributed by atoms with Crippen molar-refractivity contribution in [1.29, 1.82) is 0 Å². The number of anilines is 1. The second-order valence-electron chi connectivity index (χ2n) is 5.91. The van der Waals surface area contributed by atoms with Gasteiger partial charge in [-0.05, 0) is 11.8 Å². The first-order chi connectivity index (χ1) is 8.85. The number of amides is 1. The summed E-state index contributed by atoms with van der Waals surface area (Å²) in [6.07, 6.45) is 6.41. The van der Waals surface area contributed by atoms with Crippen molar-refractivity contribution in [1.82, 2.24) is 15.1 Å². The summed E-state index contributed by atoms with van der Waals surface area (Å²) in [5.74, 6) is -0.193. The summed E-state index contributed by atoms with van der Waals surface area (Å²) < 4.78 is 1.55. The van der Waals surface area contributed by atoms with Crippen molar-refractivity contribution < 1.29 is 4.79 Å². The number of hydrogen-bond acceptors (Lipinski definition) is 3. The highest BCUT2D eigenvalue weighted by molar-refractivity contribution is 5.96. The van der Waals surface area contributed by atoms with E-state index >= 15 is 0 Å². The number of aryl methyl sites for hydroxylation is 1. The molecule has 0 aliphatic heterocycles. The average Bonchev–Trinajstić information content (AvgIpc) is 2.66. The Balaban J connectivity index is 2.47. The molecule has 0 aliphatic rings. The van der Waals surface area contributed by atoms with Crippen molar-refractivity contribution in [3.05, 3.63) is 11.9 Å². The van der Waals surface area contributed by atoms with Crippen LogP contribution in [-0.4, -0.2) is 22.2 Å². The number of aromatic nitrogens is 2. The Labute approximate surface area is 115 Å². The lowest BCUT2D eigenvalue weighted by atomic mass is 9.87. The minimum Gasteiger partial charge on any atom is -0.396 e. The summed E-state index contributed by atoms with van der Waals surface area (Å²) in [5.41, 5.74) is 6.57. The lowest BCUT2D eigenvalue weighted by Gasteiger charge is -2.24. The molecule has 1 aromatic heterocycles. The van der Waals surface area contributed by atoms with E-state index in [0.717, 1.165) is 6.42 Å². The zero-order valence-electron chi connectivity index (χ0n) is 12.5. The molecule has 0 atom stereocenters. The zero-order valence-corrected chi connectivity index (χ0v) is 12.5. The highest BCUT2D eigenvalue weighted by Gasteiger charge is 2.20. The summed E-state index contributed by atoms with van der Waals surface area (Å²) in [6.45, 7) is 7.18. The minimum atomic E-state index is -0.193. The third-order valence-electron chi connectivity index (χ3n) is 3.26. The molecule has 1 rings (SSSR count). The van der Waals surface area contributed by atoms with Crippen LogP contribution < -0.4 is 11.1 Å². The van der Waals surface area contributed by atoms with Gasteiger partial charge in [0.2, 0.25) is 0 Å². The molecule has 3 N–H and O–H groups in total. The van der Waals surface area contributed by atoms with Crippen molar-refractivity contribution in [2.24, 2.45) is 12.5 Å². The number of carbonyl (C=O) groups excluding carboxylic acids is 1. The highest BCUT2D eigenvalue weighted by atomic mass is 16.2. The predicted molar refractivity (Wildman–Crippen MR) is 77.9 cm³/mol. The molecule has 0 unspecified atom stereocenters. The van der Waals surface area contributed by atoms with Crippen LogP contribution in [-0.2, 0) is 7.05 Å². The normalized spacial score (nSPS) is 11.6. The monoisotopic (exact) mass is 266 g/mol. The molecule has 108 valence electrons. The zero-order chi connectivity index (χ0) is 14.5. The number of nitrogens with one attached hydrogen (secondary N) is 1. The van der Waals surface area contributed by atoms with Gasteiger partial charge >= 0.3 is 0 Å². The van der Waals surface area contributed by atoms with E-state index in [9.17, 15) is 4.79 Å². The van der Waals surface area contributed by atoms with Gasteiger partial charge in [0.15, 0.2) is 5.69 Å². The molecule has 0 saturated carbocycles. The van der Waals surface area contributed by atoms with Gasteiger partial charge in [0.05, 0.1) is 5.69 Å². The topological polar surface area (TPSA) is 72.9 Å². The second kappa shape index (κ2) is 6.59. The van der Waals surface area contributed by atoms with Crippen LogP contribution in [0.5, 0.6) is 0 Å². The molecule has 1 aromatic rings. The molecule has 0 radical (unpaired) electrons. The maximum absolute atomic E-state index is 12.0. The fourth-order valence-corrected chi connectivity index (χ4v) is 2.03. The maximum Gasteiger partial charge on any atom is 0.273 e. The second-order valence-corrected chi connectivity index (χ2v) is 5.91. The number of unbranched alkanes of at least 4 members (excludes halogenated alkanes) is 2. The van der Waals surface area contributed by atoms with E-state index < -0.39 is 0 Å². The largest absolute Gasteiger partial charge is 0.396 e. The van der Waals surface area contributed by atoms with Crippen molar-refractivity contribution in [3.8, 4) is 0 Å². The van der Waals surface area contributed by atoms with E-state index in [-0.39, 0.29) is 11.3 Å². The number of carbonyl (C=O) groups is 1. The predicted octanol–water partition coefficient (Wildman–Crippen LogP) is 2.34. The molecule has 0 bridgehead atoms. The molecule has 5 heteroatoms. The molecule has 0 saturated heterocycles. The van der Waals surface area contributed by atoms with Crippen LogP contribution in [0.15, 0.2) is 6.20 Å². The smallest absolute Gasteiger partial charge is 0.273 e. The summed E-state index contributed by atoms with van der Waals surface area (Å²) in [7, 11) is 1.75. The molecule has 19 heavy (non-hydrogen) atoms. The summed E-state index contributed by atoms with van der Waals surface area (Å²) in [5, 5.41) is 6.99. The fourth-order valence-electron chi connectivity index (χ4n) is 2.03. The SMILES string of the molecule is CCCCCC(C)(C)CNC(=O)c1nn(C)cc1N. The van der Waals surface area contributed by atoms with E-state index in [1.54, 1.807) is 17.9 Å². The Bertz CT molecular complexity index is 423. The standard InChI is InChI=1S/C14H26N4O/c1-5-6-7-8-14(2,3)10-16-13(19)12-11(15)9-18(4)17-12/h9H,5-8,10,15H2,1-4H3,(H,16,19). The van der Waals surface area contributed by atoms with Crippen LogP contribution in [0.2, 0.25) is 0 Å². The van der Waals surface area contributed by atoms with Crippen LogP contribution in [0, 0.1) is 5.41 Å². The lowest BCUT2D eigenvalue weighted by molar-refractivity contribution is 0.0929. The van der Waals surface area contributed by atoms with Gasteiger partial charge < -0.3 is 11.1 Å². The Morgan fingerprint density at radius 2 is 2.16 bits per heavy atom. The van der Waals surface area contributed by atoms with E-state index in [0.29, 0.717) is 17.9 Å². The van der Waals surface area contributed by atoms with Crippen LogP contribution >= 0.6 is 0 Å². The molecule has 1 amide bonds. The molecule has 0 spiro atoms. The van der Waals surface area contributed by atoms with Crippen molar-refractivity contribution in [2.45, 2.75) is 46.5 Å². The molecule has 0 aromatic carbocycles. The first-order valence-corrected chi connectivity index (χ1v) is 6.93. The Morgan fingerprint density at radius 1 is 1.47 bits per heavy atom. The minimum absolute atomic E-state index is 0.106. The van der Waals surface area contributed by atoms with Gasteiger partial charge in [0.25, 0.3) is 5.91 Å². The fraction of sp³-hybridized carbons (Fsp3) is 0.714. The van der Waals surface area contributed by atoms with Gasteiger partial charge in [-0.3, -0.25) is 9.48 Å². The molecular weight excluding hydrogens is 240 g/mol. The van der Waals surface area contributed by atoms with Gasteiger partial charge in [-0.25, -0.2) is 0 Å². The lowest BCUT2D eigenvalue weighted by Crippen LogP contribution is -2.34. The van der Waals surface area contributed by atoms with Gasteiger partial charge in [-0.1, -0.05) is 40.0 Å². The van der Waals surface area contributed by atoms with Crippen LogP contribution in [0.4, 0.5) is 5.69 Å². The summed E-state index contributed by atoms with van der Waals surface area (Å²) in [4.78, 5) is 12.0. The molecular formula is C14H26N4O. The Hall–Kier alpha value is -1.52. The summed E-state index contributed by atoms with van der Waals surface area (Å²) >= 11 is 0. The number of nitrogens with two attached hydrogens (primary N) is 1. The van der Waals surface area contributed by atoms with Gasteiger partial charge in [0, 0.05) is 19.8 Å². The van der Waals surface area contributed by atoms with Crippen LogP contribution in [0.1, 0.15) is 56.9 Å². The third kappa shape index (κ3) is 4.93. The quantitative estimate of drug-likeness (QED) is 0.744. The number of nitrogens with zero attached hydrogens (tertiary/aromatic N) is 2. The van der Waals surface area contributed by atoms with E-state index in [4.69, 9.17) is 5.73 Å². The molecule has 0 fully saturated rings. The number of hydrogen-bond donors (Lipinski definition) is 2. The third-order valence-corrected chi connectivity index (χ3v) is 3.26. The molecule has 5 nitrogen and oxygen atoms in total. The first-order valence-electron chi connectivity index (χ1n) is 6.93. The van der Waals surface area contributed by atoms with E-state index in [1.165, 1.54) is 19.3 Å². The average molecular weight is 266 g/mol. The first kappa shape index (κ1) is 15.5. The van der Waals surface area contributed by atoms with Crippen molar-refractivity contribution in [2.75, 3.05) is 12.3 Å². The summed E-state index contributed by atoms with van der Waals surface area (Å²) in [6, 6.07) is 0. The number of rotatable bonds is 7. The molecule has 0 aliphatic carbocycles. The highest BCUT2D eigenvalue weighted by Crippen LogP contribution is 2.22. The number of nitrogen functional groups attached to an aromatic ring is 1. The van der Waals surface area contributed by atoms with Crippen molar-refractivity contribution in [3.63, 3.8) is 0 Å².